The third kappa shape index (κ3) is 3.41. The average Bonchev–Trinajstić information content (AvgIpc) is 2.42. The second-order valence-corrected chi connectivity index (χ2v) is 3.99. The molecule has 2 rings (SSSR count). The van der Waals surface area contributed by atoms with E-state index in [0.29, 0.717) is 0 Å². The molecule has 0 aromatic carbocycles. The molecular weight excluding hydrogens is 280 g/mol. The summed E-state index contributed by atoms with van der Waals surface area (Å²) in [4.78, 5) is 50.7. The van der Waals surface area contributed by atoms with Crippen LogP contribution in [0.3, 0.4) is 0 Å². The van der Waals surface area contributed by atoms with Crippen molar-refractivity contribution in [2.75, 3.05) is 5.32 Å². The van der Waals surface area contributed by atoms with Gasteiger partial charge in [0.15, 0.2) is 5.69 Å². The number of carboxylic acid groups (broad SMARTS) is 1. The first-order chi connectivity index (χ1) is 9.97. The van der Waals surface area contributed by atoms with Crippen molar-refractivity contribution in [3.8, 4) is 0 Å². The van der Waals surface area contributed by atoms with Crippen LogP contribution in [0, 0.1) is 0 Å². The molecular formula is C12H10N4O5. The van der Waals surface area contributed by atoms with Gasteiger partial charge < -0.3 is 10.4 Å². The fourth-order valence-corrected chi connectivity index (χ4v) is 1.59. The molecule has 3 N–H and O–H groups in total. The summed E-state index contributed by atoms with van der Waals surface area (Å²) < 4.78 is 0.980. The standard InChI is InChI=1S/C12H10N4O5/c17-8-3-5-16(12(21)15-8)6-9(18)14-7-2-1-4-13-10(7)11(19)20/h1-5H,6H2,(H,14,18)(H,19,20)(H,15,17,21). The average molecular weight is 290 g/mol. The Balaban J connectivity index is 2.18. The van der Waals surface area contributed by atoms with Gasteiger partial charge in [0, 0.05) is 18.5 Å². The maximum Gasteiger partial charge on any atom is 0.356 e. The molecule has 9 heteroatoms. The largest absolute Gasteiger partial charge is 0.476 e. The van der Waals surface area contributed by atoms with Crippen molar-refractivity contribution in [3.63, 3.8) is 0 Å². The fraction of sp³-hybridized carbons (Fsp3) is 0.0833. The van der Waals surface area contributed by atoms with E-state index in [9.17, 15) is 19.2 Å². The van der Waals surface area contributed by atoms with Crippen LogP contribution in [0.1, 0.15) is 10.5 Å². The van der Waals surface area contributed by atoms with E-state index in [1.54, 1.807) is 0 Å². The second-order valence-electron chi connectivity index (χ2n) is 3.99. The Kier molecular flexibility index (Phi) is 3.93. The summed E-state index contributed by atoms with van der Waals surface area (Å²) in [7, 11) is 0. The molecule has 0 unspecified atom stereocenters. The van der Waals surface area contributed by atoms with Crippen molar-refractivity contribution in [2.24, 2.45) is 0 Å². The highest BCUT2D eigenvalue weighted by Gasteiger charge is 2.13. The van der Waals surface area contributed by atoms with Crippen molar-refractivity contribution in [3.05, 3.63) is 57.1 Å². The van der Waals surface area contributed by atoms with E-state index in [1.165, 1.54) is 24.5 Å². The molecule has 0 saturated heterocycles. The number of aromatic carboxylic acids is 1. The Bertz CT molecular complexity index is 808. The highest BCUT2D eigenvalue weighted by molar-refractivity contribution is 5.98. The van der Waals surface area contributed by atoms with Gasteiger partial charge in [0.2, 0.25) is 5.91 Å². The van der Waals surface area contributed by atoms with Crippen LogP contribution in [0.5, 0.6) is 0 Å². The molecule has 0 aliphatic carbocycles. The van der Waals surface area contributed by atoms with Crippen molar-refractivity contribution in [2.45, 2.75) is 6.54 Å². The molecule has 0 bridgehead atoms. The van der Waals surface area contributed by atoms with Gasteiger partial charge in [-0.1, -0.05) is 0 Å². The number of anilines is 1. The Labute approximate surface area is 116 Å². The van der Waals surface area contributed by atoms with Gasteiger partial charge in [-0.3, -0.25) is 19.1 Å². The maximum atomic E-state index is 11.8. The molecule has 0 aliphatic rings. The van der Waals surface area contributed by atoms with Crippen LogP contribution in [-0.2, 0) is 11.3 Å². The van der Waals surface area contributed by atoms with E-state index < -0.39 is 23.1 Å². The molecule has 0 radical (unpaired) electrons. The number of aromatic amines is 1. The minimum absolute atomic E-state index is 0.0208. The van der Waals surface area contributed by atoms with E-state index in [0.717, 1.165) is 10.6 Å². The number of carbonyl (C=O) groups is 2. The van der Waals surface area contributed by atoms with Crippen LogP contribution < -0.4 is 16.6 Å². The third-order valence-corrected chi connectivity index (χ3v) is 2.50. The van der Waals surface area contributed by atoms with E-state index in [4.69, 9.17) is 5.11 Å². The molecule has 108 valence electrons. The van der Waals surface area contributed by atoms with Crippen LogP contribution in [0.2, 0.25) is 0 Å². The van der Waals surface area contributed by atoms with Gasteiger partial charge in [-0.15, -0.1) is 0 Å². The summed E-state index contributed by atoms with van der Waals surface area (Å²) in [5.41, 5.74) is -1.59. The van der Waals surface area contributed by atoms with Crippen LogP contribution in [0.4, 0.5) is 5.69 Å². The number of amides is 1. The third-order valence-electron chi connectivity index (χ3n) is 2.50. The number of nitrogens with one attached hydrogen (secondary N) is 2. The van der Waals surface area contributed by atoms with E-state index in [-0.39, 0.29) is 17.9 Å². The number of hydrogen-bond acceptors (Lipinski definition) is 5. The van der Waals surface area contributed by atoms with Gasteiger partial charge in [-0.2, -0.15) is 0 Å². The topological polar surface area (TPSA) is 134 Å². The van der Waals surface area contributed by atoms with Crippen LogP contribution in [0.15, 0.2) is 40.2 Å². The predicted molar refractivity (Wildman–Crippen MR) is 71.1 cm³/mol. The number of rotatable bonds is 4. The van der Waals surface area contributed by atoms with Crippen LogP contribution in [0.25, 0.3) is 0 Å². The molecule has 2 aromatic rings. The van der Waals surface area contributed by atoms with Crippen LogP contribution >= 0.6 is 0 Å². The number of hydrogen-bond donors (Lipinski definition) is 3. The summed E-state index contributed by atoms with van der Waals surface area (Å²) in [5, 5.41) is 11.3. The quantitative estimate of drug-likeness (QED) is 0.679. The minimum Gasteiger partial charge on any atom is -0.476 e. The Morgan fingerprint density at radius 1 is 1.33 bits per heavy atom. The maximum absolute atomic E-state index is 11.8. The van der Waals surface area contributed by atoms with Gasteiger partial charge in [-0.05, 0) is 12.1 Å². The normalized spacial score (nSPS) is 10.1. The van der Waals surface area contributed by atoms with Crippen molar-refractivity contribution in [1.82, 2.24) is 14.5 Å². The lowest BCUT2D eigenvalue weighted by Crippen LogP contribution is -2.32. The lowest BCUT2D eigenvalue weighted by molar-refractivity contribution is -0.116. The molecule has 0 atom stereocenters. The zero-order valence-electron chi connectivity index (χ0n) is 10.6. The molecule has 1 amide bonds. The van der Waals surface area contributed by atoms with E-state index in [1.807, 2.05) is 4.98 Å². The number of pyridine rings is 1. The highest BCUT2D eigenvalue weighted by Crippen LogP contribution is 2.11. The summed E-state index contributed by atoms with van der Waals surface area (Å²) in [6.07, 6.45) is 2.45. The molecule has 2 heterocycles. The number of nitrogens with zero attached hydrogens (tertiary/aromatic N) is 2. The lowest BCUT2D eigenvalue weighted by atomic mass is 10.3. The van der Waals surface area contributed by atoms with Gasteiger partial charge in [-0.25, -0.2) is 14.6 Å². The Hall–Kier alpha value is -3.23. The SMILES string of the molecule is O=C(Cn1ccc(=O)[nH]c1=O)Nc1cccnc1C(=O)O. The summed E-state index contributed by atoms with van der Waals surface area (Å²) in [6, 6.07) is 3.94. The van der Waals surface area contributed by atoms with E-state index >= 15 is 0 Å². The van der Waals surface area contributed by atoms with Crippen molar-refractivity contribution in [1.29, 1.82) is 0 Å². The van der Waals surface area contributed by atoms with Crippen molar-refractivity contribution >= 4 is 17.6 Å². The molecule has 21 heavy (non-hydrogen) atoms. The lowest BCUT2D eigenvalue weighted by Gasteiger charge is -2.08. The number of H-pyrrole nitrogens is 1. The zero-order chi connectivity index (χ0) is 15.4. The van der Waals surface area contributed by atoms with Crippen LogP contribution in [-0.4, -0.2) is 31.5 Å². The first kappa shape index (κ1) is 14.2. The Morgan fingerprint density at radius 3 is 2.76 bits per heavy atom. The molecule has 9 nitrogen and oxygen atoms in total. The number of carboxylic acids is 1. The van der Waals surface area contributed by atoms with Gasteiger partial charge >= 0.3 is 11.7 Å². The summed E-state index contributed by atoms with van der Waals surface area (Å²) in [5.74, 6) is -1.91. The first-order valence-corrected chi connectivity index (χ1v) is 5.75. The fourth-order valence-electron chi connectivity index (χ4n) is 1.59. The van der Waals surface area contributed by atoms with Gasteiger partial charge in [0.05, 0.1) is 5.69 Å². The first-order valence-electron chi connectivity index (χ1n) is 5.75. The summed E-state index contributed by atoms with van der Waals surface area (Å²) in [6.45, 7) is -0.371. The van der Waals surface area contributed by atoms with E-state index in [2.05, 4.69) is 10.3 Å². The zero-order valence-corrected chi connectivity index (χ0v) is 10.6. The summed E-state index contributed by atoms with van der Waals surface area (Å²) >= 11 is 0. The molecule has 0 saturated carbocycles. The molecule has 2 aromatic heterocycles. The highest BCUT2D eigenvalue weighted by atomic mass is 16.4. The molecule has 0 spiro atoms. The predicted octanol–water partition coefficient (Wildman–Crippen LogP) is -0.731. The Morgan fingerprint density at radius 2 is 2.10 bits per heavy atom. The molecule has 0 fully saturated rings. The van der Waals surface area contributed by atoms with Crippen molar-refractivity contribution < 1.29 is 14.7 Å². The smallest absolute Gasteiger partial charge is 0.356 e. The number of aromatic nitrogens is 3. The monoisotopic (exact) mass is 290 g/mol. The second kappa shape index (κ2) is 5.82. The minimum atomic E-state index is -1.29. The van der Waals surface area contributed by atoms with Gasteiger partial charge in [0.25, 0.3) is 5.56 Å². The molecule has 0 aliphatic heterocycles. The van der Waals surface area contributed by atoms with Gasteiger partial charge in [0.1, 0.15) is 6.54 Å². The number of carbonyl (C=O) groups excluding carboxylic acids is 1.